The molecule has 2 aromatic rings. The number of nitrogen functional groups attached to an aromatic ring is 1. The lowest BCUT2D eigenvalue weighted by Gasteiger charge is -2.40. The molecule has 2 aliphatic heterocycles. The van der Waals surface area contributed by atoms with Crippen LogP contribution in [0.3, 0.4) is 0 Å². The Balaban J connectivity index is 1.64. The van der Waals surface area contributed by atoms with E-state index in [1.807, 2.05) is 37.8 Å². The third-order valence-corrected chi connectivity index (χ3v) is 5.98. The average Bonchev–Trinajstić information content (AvgIpc) is 3.06. The molecule has 190 valence electrons. The zero-order valence-electron chi connectivity index (χ0n) is 20.2. The van der Waals surface area contributed by atoms with Crippen molar-refractivity contribution in [1.82, 2.24) is 14.9 Å². The Morgan fingerprint density at radius 3 is 2.57 bits per heavy atom. The van der Waals surface area contributed by atoms with Gasteiger partial charge >= 0.3 is 12.7 Å². The zero-order chi connectivity index (χ0) is 25.5. The van der Waals surface area contributed by atoms with E-state index in [0.717, 1.165) is 5.56 Å². The molecule has 0 saturated carbocycles. The molecule has 1 unspecified atom stereocenters. The van der Waals surface area contributed by atoms with Gasteiger partial charge in [0.25, 0.3) is 0 Å². The highest BCUT2D eigenvalue weighted by molar-refractivity contribution is 5.70. The molecule has 2 aliphatic rings. The molecule has 35 heavy (non-hydrogen) atoms. The van der Waals surface area contributed by atoms with Gasteiger partial charge in [-0.25, -0.2) is 19.2 Å². The first kappa shape index (κ1) is 24.9. The first-order valence-corrected chi connectivity index (χ1v) is 11.4. The van der Waals surface area contributed by atoms with Crippen molar-refractivity contribution in [3.8, 4) is 17.0 Å². The van der Waals surface area contributed by atoms with Crippen molar-refractivity contribution >= 4 is 17.7 Å². The number of halogens is 3. The second-order valence-corrected chi connectivity index (χ2v) is 10.3. The molecule has 0 bridgehead atoms. The van der Waals surface area contributed by atoms with E-state index in [1.165, 1.54) is 12.3 Å². The van der Waals surface area contributed by atoms with Crippen LogP contribution in [0.4, 0.5) is 29.6 Å². The van der Waals surface area contributed by atoms with Crippen LogP contribution in [0.15, 0.2) is 24.4 Å². The number of hydrogen-bond acceptors (Lipinski definition) is 7. The summed E-state index contributed by atoms with van der Waals surface area (Å²) in [4.78, 5) is 24.5. The Morgan fingerprint density at radius 2 is 1.97 bits per heavy atom. The Kier molecular flexibility index (Phi) is 6.46. The van der Waals surface area contributed by atoms with Crippen LogP contribution in [0.2, 0.25) is 0 Å². The van der Waals surface area contributed by atoms with Gasteiger partial charge < -0.3 is 25.0 Å². The maximum Gasteiger partial charge on any atom is 0.410 e. The number of nitrogens with zero attached hydrogens (tertiary/aromatic N) is 4. The molecule has 4 rings (SSSR count). The summed E-state index contributed by atoms with van der Waals surface area (Å²) < 4.78 is 50.1. The van der Waals surface area contributed by atoms with Gasteiger partial charge in [-0.3, -0.25) is 0 Å². The third-order valence-electron chi connectivity index (χ3n) is 5.98. The fraction of sp³-hybridized carbons (Fsp3) is 0.542. The lowest BCUT2D eigenvalue weighted by atomic mass is 9.91. The molecule has 11 heteroatoms. The van der Waals surface area contributed by atoms with Crippen molar-refractivity contribution in [2.75, 3.05) is 36.8 Å². The second kappa shape index (κ2) is 9.09. The molecular weight excluding hydrogens is 463 g/mol. The van der Waals surface area contributed by atoms with Gasteiger partial charge in [0.05, 0.1) is 12.2 Å². The Labute approximate surface area is 202 Å². The SMILES string of the molecule is CC1(F)CCN(c2cc(C3CN(C(=O)OC(C)(C)C)C3)cc(-c3cnc(N)c(OC(F)F)c3)n2)C1. The smallest absolute Gasteiger partial charge is 0.410 e. The van der Waals surface area contributed by atoms with Crippen molar-refractivity contribution in [2.45, 2.75) is 57.9 Å². The van der Waals surface area contributed by atoms with E-state index >= 15 is 0 Å². The summed E-state index contributed by atoms with van der Waals surface area (Å²) in [6.45, 7) is 5.54. The molecule has 8 nitrogen and oxygen atoms in total. The number of alkyl halides is 3. The standard InChI is InChI=1S/C24H30F3N5O3/c1-23(2,3)35-22(33)32-11-16(12-32)14-7-17(15-8-18(34-21(25)26)20(28)29-10-15)30-19(9-14)31-6-5-24(4,27)13-31/h7-10,16,21H,5-6,11-13H2,1-4H3,(H2,28,29). The number of likely N-dealkylation sites (tertiary alicyclic amines) is 1. The molecular formula is C24H30F3N5O3. The summed E-state index contributed by atoms with van der Waals surface area (Å²) in [7, 11) is 0. The summed E-state index contributed by atoms with van der Waals surface area (Å²) in [6, 6.07) is 5.08. The summed E-state index contributed by atoms with van der Waals surface area (Å²) in [5.74, 6) is 0.178. The summed E-state index contributed by atoms with van der Waals surface area (Å²) >= 11 is 0. The van der Waals surface area contributed by atoms with Gasteiger partial charge in [-0.15, -0.1) is 0 Å². The molecule has 1 atom stereocenters. The largest absolute Gasteiger partial charge is 0.444 e. The van der Waals surface area contributed by atoms with Crippen molar-refractivity contribution in [2.24, 2.45) is 0 Å². The molecule has 1 amide bonds. The number of hydrogen-bond donors (Lipinski definition) is 1. The van der Waals surface area contributed by atoms with Crippen molar-refractivity contribution in [3.63, 3.8) is 0 Å². The highest BCUT2D eigenvalue weighted by atomic mass is 19.3. The molecule has 0 aromatic carbocycles. The monoisotopic (exact) mass is 493 g/mol. The van der Waals surface area contributed by atoms with Crippen LogP contribution in [0.5, 0.6) is 5.75 Å². The van der Waals surface area contributed by atoms with Crippen LogP contribution in [-0.4, -0.2) is 65.0 Å². The minimum absolute atomic E-state index is 0.0147. The molecule has 0 aliphatic carbocycles. The van der Waals surface area contributed by atoms with Gasteiger partial charge in [0.1, 0.15) is 17.1 Å². The van der Waals surface area contributed by atoms with Crippen LogP contribution >= 0.6 is 0 Å². The summed E-state index contributed by atoms with van der Waals surface area (Å²) in [6.07, 6.45) is 1.42. The lowest BCUT2D eigenvalue weighted by molar-refractivity contribution is -0.0494. The molecule has 0 radical (unpaired) electrons. The van der Waals surface area contributed by atoms with Gasteiger partial charge in [0.15, 0.2) is 11.6 Å². The van der Waals surface area contributed by atoms with Crippen LogP contribution in [0.1, 0.15) is 45.6 Å². The maximum atomic E-state index is 14.6. The molecule has 2 aromatic heterocycles. The highest BCUT2D eigenvalue weighted by Crippen LogP contribution is 2.36. The van der Waals surface area contributed by atoms with Gasteiger partial charge in [-0.05, 0) is 51.5 Å². The van der Waals surface area contributed by atoms with Crippen LogP contribution in [0, 0.1) is 0 Å². The van der Waals surface area contributed by atoms with Gasteiger partial charge in [-0.1, -0.05) is 0 Å². The Morgan fingerprint density at radius 1 is 1.26 bits per heavy atom. The molecule has 2 saturated heterocycles. The second-order valence-electron chi connectivity index (χ2n) is 10.3. The maximum absolute atomic E-state index is 14.6. The van der Waals surface area contributed by atoms with E-state index in [-0.39, 0.29) is 30.1 Å². The number of carbonyl (C=O) groups is 1. The molecule has 4 heterocycles. The predicted molar refractivity (Wildman–Crippen MR) is 125 cm³/mol. The zero-order valence-corrected chi connectivity index (χ0v) is 20.2. The van der Waals surface area contributed by atoms with Gasteiger partial charge in [0, 0.05) is 43.7 Å². The van der Waals surface area contributed by atoms with E-state index < -0.39 is 17.9 Å². The fourth-order valence-corrected chi connectivity index (χ4v) is 4.15. The number of amides is 1. The van der Waals surface area contributed by atoms with E-state index in [0.29, 0.717) is 43.1 Å². The third kappa shape index (κ3) is 5.88. The van der Waals surface area contributed by atoms with Crippen LogP contribution in [-0.2, 0) is 4.74 Å². The Bertz CT molecular complexity index is 1100. The number of carbonyl (C=O) groups excluding carboxylic acids is 1. The number of rotatable bonds is 5. The van der Waals surface area contributed by atoms with E-state index in [9.17, 15) is 18.0 Å². The minimum Gasteiger partial charge on any atom is -0.444 e. The first-order valence-electron chi connectivity index (χ1n) is 11.4. The summed E-state index contributed by atoms with van der Waals surface area (Å²) in [5.41, 5.74) is 5.56. The Hall–Kier alpha value is -3.24. The molecule has 2 fully saturated rings. The minimum atomic E-state index is -3.05. The number of aromatic nitrogens is 2. The van der Waals surface area contributed by atoms with Crippen molar-refractivity contribution in [3.05, 3.63) is 30.0 Å². The normalized spacial score (nSPS) is 20.8. The first-order chi connectivity index (χ1) is 16.3. The lowest BCUT2D eigenvalue weighted by Crippen LogP contribution is -2.50. The van der Waals surface area contributed by atoms with Gasteiger partial charge in [0.2, 0.25) is 0 Å². The van der Waals surface area contributed by atoms with Crippen LogP contribution < -0.4 is 15.4 Å². The van der Waals surface area contributed by atoms with E-state index in [4.69, 9.17) is 10.5 Å². The van der Waals surface area contributed by atoms with Crippen molar-refractivity contribution < 1.29 is 27.4 Å². The van der Waals surface area contributed by atoms with E-state index in [1.54, 1.807) is 11.8 Å². The number of nitrogens with two attached hydrogens (primary N) is 1. The number of pyridine rings is 2. The van der Waals surface area contributed by atoms with Gasteiger partial charge in [-0.2, -0.15) is 8.78 Å². The van der Waals surface area contributed by atoms with Crippen LogP contribution in [0.25, 0.3) is 11.3 Å². The highest BCUT2D eigenvalue weighted by Gasteiger charge is 2.37. The molecule has 2 N–H and O–H groups in total. The fourth-order valence-electron chi connectivity index (χ4n) is 4.15. The quantitative estimate of drug-likeness (QED) is 0.651. The molecule has 0 spiro atoms. The summed E-state index contributed by atoms with van der Waals surface area (Å²) in [5, 5.41) is 0. The van der Waals surface area contributed by atoms with E-state index in [2.05, 4.69) is 14.7 Å². The average molecular weight is 494 g/mol. The van der Waals surface area contributed by atoms with Crippen molar-refractivity contribution in [1.29, 1.82) is 0 Å². The number of anilines is 2. The number of ether oxygens (including phenoxy) is 2. The predicted octanol–water partition coefficient (Wildman–Crippen LogP) is 4.60. The topological polar surface area (TPSA) is 93.8 Å².